The maximum atomic E-state index is 13.1. The van der Waals surface area contributed by atoms with Crippen molar-refractivity contribution in [3.05, 3.63) is 52.1 Å². The number of allylic oxidation sites excluding steroid dienone is 3. The van der Waals surface area contributed by atoms with E-state index in [9.17, 15) is 8.42 Å². The molecule has 0 radical (unpaired) electrons. The SMILES string of the molecule is CN1c2ccccc2CC2=C(CC(Cl)(Cl)C=C2NCCS)S1(=O)=O. The highest BCUT2D eigenvalue weighted by Crippen LogP contribution is 2.45. The molecule has 0 saturated carbocycles. The Morgan fingerprint density at radius 3 is 2.75 bits per heavy atom. The normalized spacial score (nSPS) is 21.5. The van der Waals surface area contributed by atoms with Crippen molar-refractivity contribution in [3.63, 3.8) is 0 Å². The van der Waals surface area contributed by atoms with Crippen molar-refractivity contribution in [2.24, 2.45) is 0 Å². The molecule has 2 aliphatic rings. The first-order valence-corrected chi connectivity index (χ1v) is 10.3. The number of thiol groups is 1. The molecule has 0 aromatic heterocycles. The molecule has 1 N–H and O–H groups in total. The van der Waals surface area contributed by atoms with Gasteiger partial charge in [-0.15, -0.1) is 0 Å². The van der Waals surface area contributed by atoms with Crippen LogP contribution in [-0.2, 0) is 16.4 Å². The van der Waals surface area contributed by atoms with Crippen LogP contribution in [0.25, 0.3) is 0 Å². The van der Waals surface area contributed by atoms with Crippen molar-refractivity contribution in [3.8, 4) is 0 Å². The Labute approximate surface area is 158 Å². The number of para-hydroxylation sites is 1. The Kier molecular flexibility index (Phi) is 4.86. The van der Waals surface area contributed by atoms with Gasteiger partial charge in [0.15, 0.2) is 0 Å². The van der Waals surface area contributed by atoms with Crippen molar-refractivity contribution >= 4 is 51.5 Å². The molecule has 8 heteroatoms. The fourth-order valence-corrected chi connectivity index (χ4v) is 5.49. The molecule has 3 rings (SSSR count). The lowest BCUT2D eigenvalue weighted by Crippen LogP contribution is -2.33. The van der Waals surface area contributed by atoms with E-state index in [2.05, 4.69) is 17.9 Å². The minimum atomic E-state index is -3.70. The fraction of sp³-hybridized carbons (Fsp3) is 0.375. The summed E-state index contributed by atoms with van der Waals surface area (Å²) in [5.41, 5.74) is 3.02. The van der Waals surface area contributed by atoms with Gasteiger partial charge in [0.2, 0.25) is 0 Å². The van der Waals surface area contributed by atoms with Crippen molar-refractivity contribution in [2.45, 2.75) is 17.2 Å². The Morgan fingerprint density at radius 1 is 1.33 bits per heavy atom. The van der Waals surface area contributed by atoms with E-state index in [0.29, 0.717) is 30.1 Å². The van der Waals surface area contributed by atoms with Gasteiger partial charge >= 0.3 is 0 Å². The van der Waals surface area contributed by atoms with Gasteiger partial charge in [0, 0.05) is 37.9 Å². The van der Waals surface area contributed by atoms with Gasteiger partial charge in [0.05, 0.1) is 10.6 Å². The summed E-state index contributed by atoms with van der Waals surface area (Å²) < 4.78 is 26.3. The third-order valence-corrected chi connectivity index (χ3v) is 6.85. The van der Waals surface area contributed by atoms with Crippen molar-refractivity contribution < 1.29 is 8.42 Å². The second-order valence-corrected chi connectivity index (χ2v) is 9.81. The van der Waals surface area contributed by atoms with E-state index in [1.807, 2.05) is 24.3 Å². The molecule has 4 nitrogen and oxygen atoms in total. The van der Waals surface area contributed by atoms with Gasteiger partial charge in [-0.1, -0.05) is 41.4 Å². The largest absolute Gasteiger partial charge is 0.384 e. The van der Waals surface area contributed by atoms with Crippen LogP contribution in [0.4, 0.5) is 5.69 Å². The average Bonchev–Trinajstić information content (AvgIpc) is 2.60. The van der Waals surface area contributed by atoms with Crippen LogP contribution >= 0.6 is 35.8 Å². The summed E-state index contributed by atoms with van der Waals surface area (Å²) in [4.78, 5) is 0.273. The number of rotatable bonds is 3. The highest BCUT2D eigenvalue weighted by molar-refractivity contribution is 7.96. The molecule has 1 aliphatic carbocycles. The number of anilines is 1. The van der Waals surface area contributed by atoms with E-state index in [0.717, 1.165) is 11.1 Å². The van der Waals surface area contributed by atoms with Crippen LogP contribution in [0, 0.1) is 0 Å². The number of alkyl halides is 2. The maximum absolute atomic E-state index is 13.1. The summed E-state index contributed by atoms with van der Waals surface area (Å²) in [5, 5.41) is 3.21. The van der Waals surface area contributed by atoms with E-state index >= 15 is 0 Å². The van der Waals surface area contributed by atoms with Crippen molar-refractivity contribution in [1.29, 1.82) is 0 Å². The highest BCUT2D eigenvalue weighted by atomic mass is 35.5. The standard InChI is InChI=1S/C16H18Cl2N2O2S2/c1-20-14-5-3-2-4-11(14)8-12-13(19-6-7-23)9-16(17,18)10-15(12)24(20,21)22/h2-5,9,19,23H,6-8,10H2,1H3. The summed E-state index contributed by atoms with van der Waals surface area (Å²) in [6.07, 6.45) is 2.25. The van der Waals surface area contributed by atoms with Crippen molar-refractivity contribution in [1.82, 2.24) is 5.32 Å². The molecule has 0 atom stereocenters. The molecule has 0 saturated heterocycles. The van der Waals surface area contributed by atoms with Crippen LogP contribution in [-0.4, -0.2) is 32.1 Å². The Morgan fingerprint density at radius 2 is 2.04 bits per heavy atom. The Bertz CT molecular complexity index is 832. The van der Waals surface area contributed by atoms with E-state index < -0.39 is 14.4 Å². The summed E-state index contributed by atoms with van der Waals surface area (Å²) in [5.74, 6) is 0.612. The predicted octanol–water partition coefficient (Wildman–Crippen LogP) is 3.24. The fourth-order valence-electron chi connectivity index (χ4n) is 3.06. The summed E-state index contributed by atoms with van der Waals surface area (Å²) in [6, 6.07) is 7.49. The van der Waals surface area contributed by atoms with Crippen LogP contribution in [0.2, 0.25) is 0 Å². The zero-order chi connectivity index (χ0) is 17.5. The van der Waals surface area contributed by atoms with Crippen LogP contribution in [0.15, 0.2) is 46.5 Å². The first kappa shape index (κ1) is 18.0. The summed E-state index contributed by atoms with van der Waals surface area (Å²) in [7, 11) is -2.13. The number of fused-ring (bicyclic) bond motifs is 1. The van der Waals surface area contributed by atoms with E-state index in [1.165, 1.54) is 4.31 Å². The number of nitrogens with zero attached hydrogens (tertiary/aromatic N) is 1. The van der Waals surface area contributed by atoms with Crippen LogP contribution < -0.4 is 9.62 Å². The molecule has 0 unspecified atom stereocenters. The third kappa shape index (κ3) is 3.17. The molecule has 1 heterocycles. The first-order chi connectivity index (χ1) is 11.3. The Balaban J connectivity index is 2.19. The lowest BCUT2D eigenvalue weighted by molar-refractivity contribution is 0.597. The van der Waals surface area contributed by atoms with Gasteiger partial charge in [-0.3, -0.25) is 4.31 Å². The van der Waals surface area contributed by atoms with Gasteiger partial charge in [-0.2, -0.15) is 12.6 Å². The number of halogens is 2. The van der Waals surface area contributed by atoms with Gasteiger partial charge in [-0.25, -0.2) is 8.42 Å². The lowest BCUT2D eigenvalue weighted by atomic mass is 9.95. The molecule has 1 aliphatic heterocycles. The number of hydrogen-bond donors (Lipinski definition) is 2. The van der Waals surface area contributed by atoms with E-state index in [1.54, 1.807) is 13.1 Å². The molecule has 0 amide bonds. The summed E-state index contributed by atoms with van der Waals surface area (Å²) >= 11 is 16.8. The second kappa shape index (κ2) is 6.48. The minimum absolute atomic E-state index is 0.0537. The molecule has 130 valence electrons. The second-order valence-electron chi connectivity index (χ2n) is 5.83. The highest BCUT2D eigenvalue weighted by Gasteiger charge is 2.41. The average molecular weight is 405 g/mol. The van der Waals surface area contributed by atoms with Crippen LogP contribution in [0.5, 0.6) is 0 Å². The van der Waals surface area contributed by atoms with Gasteiger partial charge < -0.3 is 5.32 Å². The maximum Gasteiger partial charge on any atom is 0.260 e. The molecule has 24 heavy (non-hydrogen) atoms. The van der Waals surface area contributed by atoms with Gasteiger partial charge in [0.1, 0.15) is 4.33 Å². The van der Waals surface area contributed by atoms with Crippen LogP contribution in [0.3, 0.4) is 0 Å². The zero-order valence-electron chi connectivity index (χ0n) is 13.1. The topological polar surface area (TPSA) is 49.4 Å². The predicted molar refractivity (Wildman–Crippen MR) is 103 cm³/mol. The molecule has 1 aromatic rings. The quantitative estimate of drug-likeness (QED) is 0.600. The number of benzene rings is 1. The van der Waals surface area contributed by atoms with Gasteiger partial charge in [0.25, 0.3) is 10.0 Å². The van der Waals surface area contributed by atoms with E-state index in [-0.39, 0.29) is 11.3 Å². The molecule has 0 bridgehead atoms. The van der Waals surface area contributed by atoms with Gasteiger partial charge in [-0.05, 0) is 23.3 Å². The smallest absolute Gasteiger partial charge is 0.260 e. The molecule has 0 spiro atoms. The van der Waals surface area contributed by atoms with Crippen LogP contribution in [0.1, 0.15) is 12.0 Å². The number of sulfonamides is 1. The first-order valence-electron chi connectivity index (χ1n) is 7.51. The monoisotopic (exact) mass is 404 g/mol. The molecular weight excluding hydrogens is 387 g/mol. The van der Waals surface area contributed by atoms with E-state index in [4.69, 9.17) is 23.2 Å². The number of nitrogens with one attached hydrogen (secondary N) is 1. The zero-order valence-corrected chi connectivity index (χ0v) is 16.3. The Hall–Kier alpha value is -0.820. The number of hydrogen-bond acceptors (Lipinski definition) is 4. The van der Waals surface area contributed by atoms with Crippen molar-refractivity contribution in [2.75, 3.05) is 23.7 Å². The molecule has 1 aromatic carbocycles. The molecule has 0 fully saturated rings. The molecular formula is C16H18Cl2N2O2S2. The lowest BCUT2D eigenvalue weighted by Gasteiger charge is -2.29. The minimum Gasteiger partial charge on any atom is -0.384 e. The summed E-state index contributed by atoms with van der Waals surface area (Å²) in [6.45, 7) is 0.590. The third-order valence-electron chi connectivity index (χ3n) is 4.21.